The number of aryl methyl sites for hydroxylation is 2. The van der Waals surface area contributed by atoms with Gasteiger partial charge in [0.2, 0.25) is 0 Å². The molecular formula is C15H16ClF3N2O3. The van der Waals surface area contributed by atoms with Gasteiger partial charge >= 0.3 is 6.18 Å². The predicted octanol–water partition coefficient (Wildman–Crippen LogP) is 3.19. The first-order valence-electron chi connectivity index (χ1n) is 7.01. The van der Waals surface area contributed by atoms with Crippen molar-refractivity contribution in [1.29, 1.82) is 0 Å². The number of nitrogens with zero attached hydrogens (tertiary/aromatic N) is 2. The van der Waals surface area contributed by atoms with Crippen LogP contribution in [0.3, 0.4) is 0 Å². The lowest BCUT2D eigenvalue weighted by atomic mass is 10.1. The van der Waals surface area contributed by atoms with E-state index in [0.29, 0.717) is 16.1 Å². The molecule has 0 saturated heterocycles. The van der Waals surface area contributed by atoms with Crippen LogP contribution in [0.2, 0.25) is 5.02 Å². The van der Waals surface area contributed by atoms with Gasteiger partial charge in [-0.3, -0.25) is 4.79 Å². The van der Waals surface area contributed by atoms with Crippen molar-refractivity contribution < 1.29 is 27.8 Å². The Morgan fingerprint density at radius 1 is 1.38 bits per heavy atom. The minimum absolute atomic E-state index is 0.00126. The van der Waals surface area contributed by atoms with Crippen LogP contribution in [0.5, 0.6) is 5.75 Å². The molecule has 0 unspecified atom stereocenters. The number of carbonyl (C=O) groups excluding carboxylic acids is 1. The number of hydrazone groups is 1. The van der Waals surface area contributed by atoms with Gasteiger partial charge in [0.25, 0.3) is 11.6 Å². The van der Waals surface area contributed by atoms with Gasteiger partial charge in [-0.25, -0.2) is 0 Å². The van der Waals surface area contributed by atoms with Crippen molar-refractivity contribution in [3.05, 3.63) is 28.3 Å². The lowest BCUT2D eigenvalue weighted by molar-refractivity contribution is -0.302. The molecule has 5 nitrogen and oxygen atoms in total. The molecule has 0 radical (unpaired) electrons. The second-order valence-corrected chi connectivity index (χ2v) is 6.07. The lowest BCUT2D eigenvalue weighted by Gasteiger charge is -2.32. The van der Waals surface area contributed by atoms with Gasteiger partial charge in [-0.15, -0.1) is 0 Å². The van der Waals surface area contributed by atoms with Gasteiger partial charge in [0, 0.05) is 17.2 Å². The van der Waals surface area contributed by atoms with Crippen molar-refractivity contribution in [3.8, 4) is 5.75 Å². The standard InChI is InChI=1S/C15H16ClF3N2O3/c1-8-4-11(5-9(2)13(8)16)24-7-12(22)21-14(23,15(17,18)19)6-10(3)20-21/h4-5,23H,6-7H2,1-3H3/t14-/m0/s1. The average Bonchev–Trinajstić information content (AvgIpc) is 2.78. The molecule has 1 aromatic carbocycles. The fourth-order valence-corrected chi connectivity index (χ4v) is 2.51. The number of hydrogen-bond acceptors (Lipinski definition) is 4. The van der Waals surface area contributed by atoms with E-state index < -0.39 is 30.8 Å². The fourth-order valence-electron chi connectivity index (χ4n) is 2.40. The zero-order valence-electron chi connectivity index (χ0n) is 13.2. The van der Waals surface area contributed by atoms with Crippen LogP contribution in [-0.4, -0.2) is 40.2 Å². The van der Waals surface area contributed by atoms with Crippen LogP contribution >= 0.6 is 11.6 Å². The zero-order chi connectivity index (χ0) is 18.3. The van der Waals surface area contributed by atoms with Crippen LogP contribution in [0, 0.1) is 13.8 Å². The summed E-state index contributed by atoms with van der Waals surface area (Å²) in [6, 6.07) is 3.13. The Morgan fingerprint density at radius 2 is 1.92 bits per heavy atom. The average molecular weight is 365 g/mol. The number of halogens is 4. The van der Waals surface area contributed by atoms with Crippen LogP contribution < -0.4 is 4.74 Å². The van der Waals surface area contributed by atoms with Crippen LogP contribution in [-0.2, 0) is 4.79 Å². The summed E-state index contributed by atoms with van der Waals surface area (Å²) in [5.41, 5.74) is -1.92. The molecule has 1 atom stereocenters. The summed E-state index contributed by atoms with van der Waals surface area (Å²) in [5.74, 6) is -0.810. The highest BCUT2D eigenvalue weighted by molar-refractivity contribution is 6.32. The van der Waals surface area contributed by atoms with E-state index in [9.17, 15) is 23.1 Å². The molecule has 9 heteroatoms. The Morgan fingerprint density at radius 3 is 2.42 bits per heavy atom. The van der Waals surface area contributed by atoms with Gasteiger partial charge in [-0.1, -0.05) is 11.6 Å². The van der Waals surface area contributed by atoms with Crippen molar-refractivity contribution in [2.24, 2.45) is 5.10 Å². The molecule has 1 aliphatic rings. The summed E-state index contributed by atoms with van der Waals surface area (Å²) >= 11 is 6.01. The Balaban J connectivity index is 2.15. The molecule has 0 saturated carbocycles. The van der Waals surface area contributed by atoms with Crippen molar-refractivity contribution in [2.75, 3.05) is 6.61 Å². The van der Waals surface area contributed by atoms with E-state index in [1.807, 2.05) is 0 Å². The van der Waals surface area contributed by atoms with Gasteiger partial charge in [-0.05, 0) is 44.0 Å². The first-order chi connectivity index (χ1) is 11.0. The van der Waals surface area contributed by atoms with Crippen molar-refractivity contribution in [2.45, 2.75) is 39.1 Å². The number of benzene rings is 1. The Bertz CT molecular complexity index is 683. The van der Waals surface area contributed by atoms with E-state index in [-0.39, 0.29) is 16.5 Å². The molecule has 2 rings (SSSR count). The summed E-state index contributed by atoms with van der Waals surface area (Å²) in [6.07, 6.45) is -5.82. The smallest absolute Gasteiger partial charge is 0.438 e. The number of ether oxygens (including phenoxy) is 1. The van der Waals surface area contributed by atoms with Crippen molar-refractivity contribution >= 4 is 23.2 Å². The summed E-state index contributed by atoms with van der Waals surface area (Å²) < 4.78 is 44.4. The Kier molecular flexibility index (Phi) is 4.83. The summed E-state index contributed by atoms with van der Waals surface area (Å²) in [5, 5.41) is 13.9. The molecule has 0 fully saturated rings. The topological polar surface area (TPSA) is 62.1 Å². The molecule has 0 spiro atoms. The van der Waals surface area contributed by atoms with Gasteiger partial charge in [0.15, 0.2) is 6.61 Å². The molecule has 1 N–H and O–H groups in total. The zero-order valence-corrected chi connectivity index (χ0v) is 14.0. The van der Waals surface area contributed by atoms with E-state index in [1.54, 1.807) is 26.0 Å². The third kappa shape index (κ3) is 3.34. The van der Waals surface area contributed by atoms with E-state index in [1.165, 1.54) is 6.92 Å². The molecule has 132 valence electrons. The number of hydrogen-bond donors (Lipinski definition) is 1. The maximum Gasteiger partial charge on any atom is 0.438 e. The highest BCUT2D eigenvalue weighted by Gasteiger charge is 2.62. The van der Waals surface area contributed by atoms with E-state index in [4.69, 9.17) is 16.3 Å². The largest absolute Gasteiger partial charge is 0.484 e. The van der Waals surface area contributed by atoms with Crippen molar-refractivity contribution in [1.82, 2.24) is 5.01 Å². The highest BCUT2D eigenvalue weighted by atomic mass is 35.5. The van der Waals surface area contributed by atoms with Crippen LogP contribution in [0.1, 0.15) is 24.5 Å². The van der Waals surface area contributed by atoms with Crippen LogP contribution in [0.15, 0.2) is 17.2 Å². The monoisotopic (exact) mass is 364 g/mol. The second-order valence-electron chi connectivity index (χ2n) is 5.69. The highest BCUT2D eigenvalue weighted by Crippen LogP contribution is 2.40. The van der Waals surface area contributed by atoms with Crippen molar-refractivity contribution in [3.63, 3.8) is 0 Å². The molecule has 1 aliphatic heterocycles. The number of alkyl halides is 3. The molecule has 24 heavy (non-hydrogen) atoms. The van der Waals surface area contributed by atoms with Gasteiger partial charge < -0.3 is 9.84 Å². The number of rotatable bonds is 3. The minimum Gasteiger partial charge on any atom is -0.484 e. The van der Waals surface area contributed by atoms with E-state index in [2.05, 4.69) is 5.10 Å². The first-order valence-corrected chi connectivity index (χ1v) is 7.39. The maximum absolute atomic E-state index is 13.1. The molecule has 0 aliphatic carbocycles. The predicted molar refractivity (Wildman–Crippen MR) is 82.0 cm³/mol. The van der Waals surface area contributed by atoms with Gasteiger partial charge in [0.1, 0.15) is 5.75 Å². The van der Waals surface area contributed by atoms with Gasteiger partial charge in [-0.2, -0.15) is 23.3 Å². The minimum atomic E-state index is -5.03. The molecule has 0 bridgehead atoms. The first kappa shape index (κ1) is 18.5. The quantitative estimate of drug-likeness (QED) is 0.896. The molecule has 0 aromatic heterocycles. The second kappa shape index (κ2) is 6.25. The molecule has 1 amide bonds. The molecule has 1 aromatic rings. The fraction of sp³-hybridized carbons (Fsp3) is 0.467. The molecule has 1 heterocycles. The van der Waals surface area contributed by atoms with Crippen LogP contribution in [0.25, 0.3) is 0 Å². The lowest BCUT2D eigenvalue weighted by Crippen LogP contribution is -2.57. The third-order valence-electron chi connectivity index (χ3n) is 3.59. The third-order valence-corrected chi connectivity index (χ3v) is 4.18. The summed E-state index contributed by atoms with van der Waals surface area (Å²) in [6.45, 7) is 4.08. The summed E-state index contributed by atoms with van der Waals surface area (Å²) in [4.78, 5) is 12.1. The molecular weight excluding hydrogens is 349 g/mol. The van der Waals surface area contributed by atoms with E-state index in [0.717, 1.165) is 0 Å². The van der Waals surface area contributed by atoms with Gasteiger partial charge in [0.05, 0.1) is 0 Å². The van der Waals surface area contributed by atoms with E-state index >= 15 is 0 Å². The van der Waals surface area contributed by atoms with Crippen LogP contribution in [0.4, 0.5) is 13.2 Å². The number of aliphatic hydroxyl groups is 1. The summed E-state index contributed by atoms with van der Waals surface area (Å²) in [7, 11) is 0. The maximum atomic E-state index is 13.1. The Labute approximate surface area is 141 Å². The normalized spacial score (nSPS) is 21.0. The number of carbonyl (C=O) groups is 1. The SMILES string of the molecule is CC1=NN(C(=O)COc2cc(C)c(Cl)c(C)c2)[C@@](O)(C(F)(F)F)C1. The Hall–Kier alpha value is -1.80. The number of amides is 1.